The van der Waals surface area contributed by atoms with Crippen LogP contribution in [0.15, 0.2) is 87.0 Å². The van der Waals surface area contributed by atoms with E-state index in [-0.39, 0.29) is 16.5 Å². The molecule has 10 heteroatoms. The number of aliphatic hydroxyl groups is 1. The number of hydrogen-bond acceptors (Lipinski definition) is 8. The van der Waals surface area contributed by atoms with Crippen LogP contribution in [0.5, 0.6) is 0 Å². The van der Waals surface area contributed by atoms with E-state index in [1.54, 1.807) is 6.07 Å². The highest BCUT2D eigenvalue weighted by Crippen LogP contribution is 2.44. The van der Waals surface area contributed by atoms with Gasteiger partial charge >= 0.3 is 0 Å². The van der Waals surface area contributed by atoms with Crippen LogP contribution in [0.4, 0.5) is 5.13 Å². The van der Waals surface area contributed by atoms with E-state index < -0.39 is 23.5 Å². The molecule has 7 nitrogen and oxygen atoms in total. The van der Waals surface area contributed by atoms with Crippen LogP contribution in [-0.2, 0) is 10.5 Å². The van der Waals surface area contributed by atoms with Gasteiger partial charge in [0.15, 0.2) is 15.9 Å². The van der Waals surface area contributed by atoms with Crippen molar-refractivity contribution >= 4 is 51.5 Å². The van der Waals surface area contributed by atoms with Gasteiger partial charge in [-0.2, -0.15) is 0 Å². The summed E-state index contributed by atoms with van der Waals surface area (Å²) in [7, 11) is 0. The molecular formula is C25H18ClN3O4S2. The molecule has 176 valence electrons. The molecule has 3 heterocycles. The van der Waals surface area contributed by atoms with Gasteiger partial charge in [0.05, 0.1) is 17.9 Å². The van der Waals surface area contributed by atoms with Gasteiger partial charge in [-0.1, -0.05) is 82.7 Å². The third-order valence-corrected chi connectivity index (χ3v) is 7.98. The fourth-order valence-electron chi connectivity index (χ4n) is 3.75. The molecule has 1 N–H and O–H groups in total. The number of furan rings is 1. The van der Waals surface area contributed by atoms with Crippen molar-refractivity contribution in [3.8, 4) is 0 Å². The highest BCUT2D eigenvalue weighted by atomic mass is 35.5. The molecule has 35 heavy (non-hydrogen) atoms. The maximum Gasteiger partial charge on any atom is 0.296 e. The van der Waals surface area contributed by atoms with Crippen molar-refractivity contribution in [1.29, 1.82) is 0 Å². The third-order valence-electron chi connectivity index (χ3n) is 5.50. The van der Waals surface area contributed by atoms with Gasteiger partial charge in [-0.3, -0.25) is 14.5 Å². The van der Waals surface area contributed by atoms with Gasteiger partial charge in [0.25, 0.3) is 5.91 Å². The lowest BCUT2D eigenvalue weighted by molar-refractivity contribution is -0.117. The van der Waals surface area contributed by atoms with E-state index >= 15 is 0 Å². The van der Waals surface area contributed by atoms with Crippen LogP contribution in [-0.4, -0.2) is 27.0 Å². The van der Waals surface area contributed by atoms with Gasteiger partial charge in [-0.05, 0) is 36.2 Å². The van der Waals surface area contributed by atoms with Crippen LogP contribution in [0.1, 0.15) is 33.3 Å². The number of benzene rings is 2. The van der Waals surface area contributed by atoms with E-state index in [1.165, 1.54) is 40.3 Å². The molecule has 5 rings (SSSR count). The van der Waals surface area contributed by atoms with Crippen LogP contribution in [0.2, 0.25) is 5.02 Å². The summed E-state index contributed by atoms with van der Waals surface area (Å²) in [6, 6.07) is 17.1. The van der Waals surface area contributed by atoms with E-state index in [0.717, 1.165) is 11.1 Å². The van der Waals surface area contributed by atoms with E-state index in [9.17, 15) is 14.7 Å². The number of aryl methyl sites for hydroxylation is 1. The number of nitrogens with zero attached hydrogens (tertiary/aromatic N) is 3. The van der Waals surface area contributed by atoms with Crippen LogP contribution in [0.25, 0.3) is 0 Å². The Labute approximate surface area is 214 Å². The number of hydrogen-bond donors (Lipinski definition) is 1. The SMILES string of the molecule is Cc1ccc(C2C(C(=O)c3ccco3)=C(O)C(=O)N2c2nnc(SCc3ccccc3Cl)s2)cc1. The standard InChI is InChI=1S/C25H18ClN3O4S2/c1-14-8-10-15(11-9-14)20-19(21(30)18-7-4-12-33-18)22(31)23(32)29(20)24-27-28-25(35-24)34-13-16-5-2-3-6-17(16)26/h2-12,20,31H,13H2,1H3. The van der Waals surface area contributed by atoms with Crippen molar-refractivity contribution in [3.63, 3.8) is 0 Å². The first-order chi connectivity index (χ1) is 16.9. The van der Waals surface area contributed by atoms with Crippen molar-refractivity contribution in [2.24, 2.45) is 0 Å². The molecule has 0 radical (unpaired) electrons. The van der Waals surface area contributed by atoms with Gasteiger partial charge in [0, 0.05) is 10.8 Å². The second-order valence-electron chi connectivity index (χ2n) is 7.79. The van der Waals surface area contributed by atoms with Crippen molar-refractivity contribution in [1.82, 2.24) is 10.2 Å². The zero-order chi connectivity index (χ0) is 24.5. The number of amides is 1. The summed E-state index contributed by atoms with van der Waals surface area (Å²) in [5, 5.41) is 20.2. The summed E-state index contributed by atoms with van der Waals surface area (Å²) in [6.07, 6.45) is 1.37. The van der Waals surface area contributed by atoms with Crippen LogP contribution >= 0.6 is 34.7 Å². The molecule has 0 saturated carbocycles. The zero-order valence-corrected chi connectivity index (χ0v) is 20.7. The molecule has 2 aromatic carbocycles. The predicted octanol–water partition coefficient (Wildman–Crippen LogP) is 6.17. The highest BCUT2D eigenvalue weighted by Gasteiger charge is 2.46. The molecule has 0 spiro atoms. The van der Waals surface area contributed by atoms with Crippen LogP contribution in [0.3, 0.4) is 0 Å². The summed E-state index contributed by atoms with van der Waals surface area (Å²) in [5.74, 6) is -1.30. The molecular weight excluding hydrogens is 506 g/mol. The number of thioether (sulfide) groups is 1. The molecule has 0 saturated heterocycles. The number of Topliss-reactive ketones (excluding diaryl/α,β-unsaturated/α-hetero) is 1. The Kier molecular flexibility index (Phi) is 6.46. The lowest BCUT2D eigenvalue weighted by Gasteiger charge is -2.23. The molecule has 1 aliphatic rings. The van der Waals surface area contributed by atoms with E-state index in [0.29, 0.717) is 20.7 Å². The molecule has 1 aliphatic heterocycles. The van der Waals surface area contributed by atoms with Gasteiger partial charge in [0.2, 0.25) is 10.9 Å². The molecule has 1 amide bonds. The minimum atomic E-state index is -0.880. The van der Waals surface area contributed by atoms with Crippen LogP contribution < -0.4 is 4.90 Å². The summed E-state index contributed by atoms with van der Waals surface area (Å²) in [4.78, 5) is 27.8. The Morgan fingerprint density at radius 2 is 1.91 bits per heavy atom. The average Bonchev–Trinajstić information content (AvgIpc) is 3.60. The number of carbonyl (C=O) groups is 2. The number of anilines is 1. The largest absolute Gasteiger partial charge is 0.503 e. The summed E-state index contributed by atoms with van der Waals surface area (Å²) >= 11 is 8.89. The summed E-state index contributed by atoms with van der Waals surface area (Å²) < 4.78 is 5.88. The number of rotatable bonds is 7. The topological polar surface area (TPSA) is 96.5 Å². The second kappa shape index (κ2) is 9.69. The Balaban J connectivity index is 1.49. The Morgan fingerprint density at radius 3 is 2.63 bits per heavy atom. The molecule has 0 fully saturated rings. The molecule has 1 atom stereocenters. The maximum atomic E-state index is 13.2. The number of aromatic nitrogens is 2. The molecule has 0 bridgehead atoms. The summed E-state index contributed by atoms with van der Waals surface area (Å²) in [6.45, 7) is 1.94. The Hall–Kier alpha value is -3.40. The molecule has 4 aromatic rings. The quantitative estimate of drug-likeness (QED) is 0.176. The van der Waals surface area contributed by atoms with E-state index in [2.05, 4.69) is 10.2 Å². The van der Waals surface area contributed by atoms with Crippen molar-refractivity contribution < 1.29 is 19.1 Å². The second-order valence-corrected chi connectivity index (χ2v) is 10.4. The first-order valence-electron chi connectivity index (χ1n) is 10.5. The van der Waals surface area contributed by atoms with Gasteiger partial charge < -0.3 is 9.52 Å². The fraction of sp³-hybridized carbons (Fsp3) is 0.120. The van der Waals surface area contributed by atoms with Gasteiger partial charge in [-0.25, -0.2) is 0 Å². The van der Waals surface area contributed by atoms with Crippen molar-refractivity contribution in [2.45, 2.75) is 23.1 Å². The molecule has 1 unspecified atom stereocenters. The van der Waals surface area contributed by atoms with Crippen molar-refractivity contribution in [3.05, 3.63) is 106 Å². The average molecular weight is 524 g/mol. The van der Waals surface area contributed by atoms with E-state index in [1.807, 2.05) is 55.5 Å². The third kappa shape index (κ3) is 4.50. The Morgan fingerprint density at radius 1 is 1.14 bits per heavy atom. The first-order valence-corrected chi connectivity index (χ1v) is 12.7. The molecule has 2 aromatic heterocycles. The maximum absolute atomic E-state index is 13.2. The monoisotopic (exact) mass is 523 g/mol. The zero-order valence-electron chi connectivity index (χ0n) is 18.3. The smallest absolute Gasteiger partial charge is 0.296 e. The first kappa shape index (κ1) is 23.3. The molecule has 0 aliphatic carbocycles. The number of ketones is 1. The number of halogens is 1. The number of aliphatic hydroxyl groups excluding tert-OH is 1. The van der Waals surface area contributed by atoms with Gasteiger partial charge in [0.1, 0.15) is 0 Å². The van der Waals surface area contributed by atoms with Gasteiger partial charge in [-0.15, -0.1) is 10.2 Å². The lowest BCUT2D eigenvalue weighted by Crippen LogP contribution is -2.31. The number of carbonyl (C=O) groups excluding carboxylic acids is 2. The highest BCUT2D eigenvalue weighted by molar-refractivity contribution is 8.00. The minimum absolute atomic E-state index is 0.0339. The lowest BCUT2D eigenvalue weighted by atomic mass is 9.95. The van der Waals surface area contributed by atoms with Crippen LogP contribution in [0, 0.1) is 6.92 Å². The van der Waals surface area contributed by atoms with Crippen molar-refractivity contribution in [2.75, 3.05) is 4.90 Å². The fourth-order valence-corrected chi connectivity index (χ4v) is 5.91. The predicted molar refractivity (Wildman–Crippen MR) is 135 cm³/mol. The normalized spacial score (nSPS) is 15.8. The Bertz CT molecular complexity index is 1430. The summed E-state index contributed by atoms with van der Waals surface area (Å²) in [5.41, 5.74) is 2.57. The van der Waals surface area contributed by atoms with E-state index in [4.69, 9.17) is 16.0 Å². The minimum Gasteiger partial charge on any atom is -0.503 e.